The molecule has 8 heteroatoms. The molecule has 29 heavy (non-hydrogen) atoms. The number of aromatic nitrogens is 3. The molecule has 4 aromatic rings. The number of fused-ring (bicyclic) bond motifs is 2. The molecule has 0 radical (unpaired) electrons. The minimum absolute atomic E-state index is 0.108. The van der Waals surface area contributed by atoms with E-state index in [9.17, 15) is 4.79 Å². The maximum atomic E-state index is 12.9. The van der Waals surface area contributed by atoms with Gasteiger partial charge in [-0.2, -0.15) is 5.10 Å². The fourth-order valence-corrected chi connectivity index (χ4v) is 5.76. The third-order valence-corrected chi connectivity index (χ3v) is 7.35. The highest BCUT2D eigenvalue weighted by atomic mass is 32.1. The van der Waals surface area contributed by atoms with Crippen molar-refractivity contribution in [2.24, 2.45) is 0 Å². The summed E-state index contributed by atoms with van der Waals surface area (Å²) in [5.41, 5.74) is 3.04. The second-order valence-electron chi connectivity index (χ2n) is 7.12. The molecule has 0 spiro atoms. The number of para-hydroxylation sites is 1. The molecule has 1 amide bonds. The van der Waals surface area contributed by atoms with Crippen LogP contribution in [0.2, 0.25) is 0 Å². The number of thiazole rings is 1. The van der Waals surface area contributed by atoms with Crippen molar-refractivity contribution >= 4 is 43.9 Å². The minimum atomic E-state index is -0.108. The Labute approximate surface area is 176 Å². The number of hydrogen-bond donors (Lipinski definition) is 1. The van der Waals surface area contributed by atoms with Gasteiger partial charge in [0.2, 0.25) is 0 Å². The Morgan fingerprint density at radius 1 is 1.24 bits per heavy atom. The Kier molecular flexibility index (Phi) is 4.69. The van der Waals surface area contributed by atoms with E-state index in [-0.39, 0.29) is 5.91 Å². The van der Waals surface area contributed by atoms with Gasteiger partial charge >= 0.3 is 0 Å². The predicted octanol–water partition coefficient (Wildman–Crippen LogP) is 4.48. The van der Waals surface area contributed by atoms with Crippen LogP contribution >= 0.6 is 22.7 Å². The summed E-state index contributed by atoms with van der Waals surface area (Å²) in [6.07, 6.45) is 0.949. The second-order valence-corrected chi connectivity index (χ2v) is 9.24. The van der Waals surface area contributed by atoms with E-state index in [1.165, 1.54) is 16.2 Å². The molecule has 1 N–H and O–H groups in total. The van der Waals surface area contributed by atoms with E-state index in [1.54, 1.807) is 11.3 Å². The molecular weight excluding hydrogens is 402 g/mol. The summed E-state index contributed by atoms with van der Waals surface area (Å²) in [5, 5.41) is 9.36. The summed E-state index contributed by atoms with van der Waals surface area (Å²) in [4.78, 5) is 22.9. The third-order valence-electron chi connectivity index (χ3n) is 5.25. The summed E-state index contributed by atoms with van der Waals surface area (Å²) in [6, 6.07) is 11.9. The number of likely N-dealkylation sites (N-methyl/N-ethyl adjacent to an activating group) is 1. The Hall–Kier alpha value is -2.55. The molecule has 148 valence electrons. The number of anilines is 1. The predicted molar refractivity (Wildman–Crippen MR) is 118 cm³/mol. The maximum Gasteiger partial charge on any atom is 0.267 e. The van der Waals surface area contributed by atoms with Crippen LogP contribution in [0.25, 0.3) is 15.9 Å². The third kappa shape index (κ3) is 3.37. The summed E-state index contributed by atoms with van der Waals surface area (Å²) in [6.45, 7) is 7.15. The molecular formula is C21H21N5OS2. The van der Waals surface area contributed by atoms with Crippen LogP contribution in [0.3, 0.4) is 0 Å². The molecule has 0 saturated heterocycles. The lowest BCUT2D eigenvalue weighted by molar-refractivity contribution is 0.103. The van der Waals surface area contributed by atoms with E-state index in [4.69, 9.17) is 0 Å². The Balaban J connectivity index is 1.42. The summed E-state index contributed by atoms with van der Waals surface area (Å²) in [5.74, 6) is -0.108. The number of carbonyl (C=O) groups excluding carboxylic acids is 1. The van der Waals surface area contributed by atoms with E-state index >= 15 is 0 Å². The van der Waals surface area contributed by atoms with Gasteiger partial charge in [0.15, 0.2) is 5.13 Å². The van der Waals surface area contributed by atoms with Crippen LogP contribution in [-0.4, -0.2) is 38.7 Å². The molecule has 5 rings (SSSR count). The molecule has 4 heterocycles. The summed E-state index contributed by atoms with van der Waals surface area (Å²) < 4.78 is 1.91. The standard InChI is InChI=1S/C21H21N5OS2/c1-3-25-10-9-16-18(12-25)29-21(22-16)23-19(27)17-11-15-13(2)24-26(20(15)28-17)14-7-5-4-6-8-14/h4-8,11H,3,9-10,12H2,1-2H3,(H,22,23,27). The van der Waals surface area contributed by atoms with Crippen LogP contribution in [0.1, 0.15) is 32.9 Å². The number of aryl methyl sites for hydroxylation is 1. The van der Waals surface area contributed by atoms with Gasteiger partial charge in [-0.15, -0.1) is 22.7 Å². The number of amides is 1. The first-order valence-corrected chi connectivity index (χ1v) is 11.3. The van der Waals surface area contributed by atoms with Gasteiger partial charge in [0.1, 0.15) is 4.83 Å². The number of thiophene rings is 1. The molecule has 3 aromatic heterocycles. The molecule has 0 atom stereocenters. The van der Waals surface area contributed by atoms with Crippen LogP contribution in [0, 0.1) is 6.92 Å². The van der Waals surface area contributed by atoms with Crippen molar-refractivity contribution in [2.45, 2.75) is 26.8 Å². The Morgan fingerprint density at radius 3 is 2.86 bits per heavy atom. The lowest BCUT2D eigenvalue weighted by Crippen LogP contribution is -2.29. The maximum absolute atomic E-state index is 12.9. The Bertz CT molecular complexity index is 1190. The normalized spacial score (nSPS) is 14.3. The van der Waals surface area contributed by atoms with Crippen molar-refractivity contribution in [1.29, 1.82) is 0 Å². The highest BCUT2D eigenvalue weighted by Gasteiger charge is 2.22. The first-order valence-electron chi connectivity index (χ1n) is 9.69. The van der Waals surface area contributed by atoms with E-state index in [2.05, 4.69) is 27.2 Å². The van der Waals surface area contributed by atoms with E-state index < -0.39 is 0 Å². The van der Waals surface area contributed by atoms with Crippen LogP contribution in [0.15, 0.2) is 36.4 Å². The summed E-state index contributed by atoms with van der Waals surface area (Å²) >= 11 is 3.05. The Morgan fingerprint density at radius 2 is 2.07 bits per heavy atom. The van der Waals surface area contributed by atoms with Crippen LogP contribution in [0.5, 0.6) is 0 Å². The molecule has 6 nitrogen and oxygen atoms in total. The van der Waals surface area contributed by atoms with Gasteiger partial charge in [-0.1, -0.05) is 25.1 Å². The highest BCUT2D eigenvalue weighted by Crippen LogP contribution is 2.32. The first kappa shape index (κ1) is 18.5. The SMILES string of the molecule is CCN1CCc2nc(NC(=O)c3cc4c(C)nn(-c5ccccc5)c4s3)sc2C1. The second kappa shape index (κ2) is 7.37. The first-order chi connectivity index (χ1) is 14.1. The smallest absolute Gasteiger partial charge is 0.267 e. The molecule has 1 aliphatic heterocycles. The molecule has 1 aromatic carbocycles. The van der Waals surface area contributed by atoms with Gasteiger partial charge in [-0.3, -0.25) is 15.0 Å². The van der Waals surface area contributed by atoms with E-state index in [0.717, 1.165) is 53.3 Å². The number of carbonyl (C=O) groups is 1. The number of rotatable bonds is 4. The number of nitrogens with zero attached hydrogens (tertiary/aromatic N) is 4. The van der Waals surface area contributed by atoms with Crippen molar-refractivity contribution < 1.29 is 4.79 Å². The molecule has 1 aliphatic rings. The highest BCUT2D eigenvalue weighted by molar-refractivity contribution is 7.20. The lowest BCUT2D eigenvalue weighted by Gasteiger charge is -2.23. The van der Waals surface area contributed by atoms with Crippen molar-refractivity contribution in [3.8, 4) is 5.69 Å². The average molecular weight is 424 g/mol. The molecule has 0 unspecified atom stereocenters. The van der Waals surface area contributed by atoms with Gasteiger partial charge in [0, 0.05) is 29.8 Å². The number of benzene rings is 1. The van der Waals surface area contributed by atoms with E-state index in [0.29, 0.717) is 10.0 Å². The average Bonchev–Trinajstić information content (AvgIpc) is 3.42. The zero-order valence-electron chi connectivity index (χ0n) is 16.3. The van der Waals surface area contributed by atoms with Crippen LogP contribution in [-0.2, 0) is 13.0 Å². The fourth-order valence-electron chi connectivity index (χ4n) is 3.63. The van der Waals surface area contributed by atoms with Gasteiger partial charge in [-0.25, -0.2) is 9.67 Å². The van der Waals surface area contributed by atoms with Crippen molar-refractivity contribution in [1.82, 2.24) is 19.7 Å². The molecule has 0 fully saturated rings. The van der Waals surface area contributed by atoms with Gasteiger partial charge < -0.3 is 0 Å². The number of hydrogen-bond acceptors (Lipinski definition) is 6. The molecule has 0 aliphatic carbocycles. The van der Waals surface area contributed by atoms with Crippen molar-refractivity contribution in [3.05, 3.63) is 57.5 Å². The minimum Gasteiger partial charge on any atom is -0.298 e. The largest absolute Gasteiger partial charge is 0.298 e. The zero-order chi connectivity index (χ0) is 20.0. The number of nitrogens with one attached hydrogen (secondary N) is 1. The summed E-state index contributed by atoms with van der Waals surface area (Å²) in [7, 11) is 0. The lowest BCUT2D eigenvalue weighted by atomic mass is 10.2. The molecule has 0 saturated carbocycles. The van der Waals surface area contributed by atoms with Gasteiger partial charge in [0.05, 0.1) is 22.0 Å². The molecule has 0 bridgehead atoms. The van der Waals surface area contributed by atoms with Crippen molar-refractivity contribution in [2.75, 3.05) is 18.4 Å². The van der Waals surface area contributed by atoms with Crippen LogP contribution < -0.4 is 5.32 Å². The monoisotopic (exact) mass is 423 g/mol. The van der Waals surface area contributed by atoms with Gasteiger partial charge in [-0.05, 0) is 31.7 Å². The topological polar surface area (TPSA) is 63.1 Å². The zero-order valence-corrected chi connectivity index (χ0v) is 17.9. The fraction of sp³-hybridized carbons (Fsp3) is 0.286. The van der Waals surface area contributed by atoms with Crippen molar-refractivity contribution in [3.63, 3.8) is 0 Å². The quantitative estimate of drug-likeness (QED) is 0.526. The van der Waals surface area contributed by atoms with Crippen LogP contribution in [0.4, 0.5) is 5.13 Å². The van der Waals surface area contributed by atoms with E-state index in [1.807, 2.05) is 48.0 Å². The van der Waals surface area contributed by atoms with Gasteiger partial charge in [0.25, 0.3) is 5.91 Å².